The molecule has 3 N–H and O–H groups in total. The lowest BCUT2D eigenvalue weighted by molar-refractivity contribution is -0.00170. The lowest BCUT2D eigenvalue weighted by Gasteiger charge is -2.27. The number of aliphatic hydroxyl groups is 1. The number of para-hydroxylation sites is 1. The normalized spacial score (nSPS) is 13.8. The molecule has 3 heteroatoms. The second kappa shape index (κ2) is 6.55. The number of benzene rings is 2. The molecule has 0 bridgehead atoms. The van der Waals surface area contributed by atoms with E-state index in [4.69, 9.17) is 10.5 Å². The number of nitrogens with two attached hydrogens (primary N) is 1. The first kappa shape index (κ1) is 14.6. The van der Waals surface area contributed by atoms with Gasteiger partial charge in [0, 0.05) is 6.54 Å². The fraction of sp³-hybridized carbons (Fsp3) is 0.294. The van der Waals surface area contributed by atoms with Crippen LogP contribution in [0.3, 0.4) is 0 Å². The standard InChI is InChI=1S/C17H21NO2/c1-2-14-8-6-7-11-16(14)20-13-17(19,12-18)15-9-4-3-5-10-15/h3-11,19H,2,12-13,18H2,1H3. The Kier molecular flexibility index (Phi) is 4.77. The molecule has 2 aromatic carbocycles. The number of aryl methyl sites for hydroxylation is 1. The van der Waals surface area contributed by atoms with E-state index < -0.39 is 5.60 Å². The highest BCUT2D eigenvalue weighted by molar-refractivity contribution is 5.33. The number of ether oxygens (including phenoxy) is 1. The predicted octanol–water partition coefficient (Wildman–Crippen LogP) is 2.47. The van der Waals surface area contributed by atoms with Gasteiger partial charge in [-0.05, 0) is 23.6 Å². The molecule has 0 aliphatic heterocycles. The van der Waals surface area contributed by atoms with Crippen LogP contribution in [0, 0.1) is 0 Å². The van der Waals surface area contributed by atoms with Crippen LogP contribution in [0.15, 0.2) is 54.6 Å². The number of hydrogen-bond acceptors (Lipinski definition) is 3. The van der Waals surface area contributed by atoms with E-state index in [0.29, 0.717) is 0 Å². The summed E-state index contributed by atoms with van der Waals surface area (Å²) in [5.74, 6) is 0.804. The van der Waals surface area contributed by atoms with Crippen molar-refractivity contribution >= 4 is 0 Å². The first-order valence-corrected chi connectivity index (χ1v) is 6.88. The maximum absolute atomic E-state index is 10.7. The number of rotatable bonds is 6. The van der Waals surface area contributed by atoms with Crippen molar-refractivity contribution in [2.75, 3.05) is 13.2 Å². The van der Waals surface area contributed by atoms with Crippen molar-refractivity contribution in [1.29, 1.82) is 0 Å². The van der Waals surface area contributed by atoms with Gasteiger partial charge in [-0.25, -0.2) is 0 Å². The van der Waals surface area contributed by atoms with Gasteiger partial charge in [-0.1, -0.05) is 55.5 Å². The molecule has 20 heavy (non-hydrogen) atoms. The molecular formula is C17H21NO2. The lowest BCUT2D eigenvalue weighted by Crippen LogP contribution is -2.40. The Labute approximate surface area is 120 Å². The van der Waals surface area contributed by atoms with Gasteiger partial charge in [0.05, 0.1) is 0 Å². The van der Waals surface area contributed by atoms with Gasteiger partial charge in [0.25, 0.3) is 0 Å². The zero-order chi connectivity index (χ0) is 14.4. The summed E-state index contributed by atoms with van der Waals surface area (Å²) in [6.07, 6.45) is 0.891. The van der Waals surface area contributed by atoms with E-state index in [-0.39, 0.29) is 13.2 Å². The highest BCUT2D eigenvalue weighted by Gasteiger charge is 2.28. The zero-order valence-electron chi connectivity index (χ0n) is 11.8. The van der Waals surface area contributed by atoms with Gasteiger partial charge in [0.2, 0.25) is 0 Å². The molecule has 3 nitrogen and oxygen atoms in total. The Bertz CT molecular complexity index is 542. The third-order valence-corrected chi connectivity index (χ3v) is 3.47. The third kappa shape index (κ3) is 3.18. The quantitative estimate of drug-likeness (QED) is 0.848. The van der Waals surface area contributed by atoms with Crippen LogP contribution in [0.2, 0.25) is 0 Å². The third-order valence-electron chi connectivity index (χ3n) is 3.47. The molecule has 2 aromatic rings. The molecule has 0 saturated heterocycles. The molecule has 0 fully saturated rings. The molecule has 1 atom stereocenters. The van der Waals surface area contributed by atoms with Gasteiger partial charge in [-0.2, -0.15) is 0 Å². The molecule has 1 unspecified atom stereocenters. The van der Waals surface area contributed by atoms with E-state index in [9.17, 15) is 5.11 Å². The Morgan fingerprint density at radius 1 is 1.05 bits per heavy atom. The highest BCUT2D eigenvalue weighted by Crippen LogP contribution is 2.24. The van der Waals surface area contributed by atoms with Crippen molar-refractivity contribution in [3.8, 4) is 5.75 Å². The van der Waals surface area contributed by atoms with Crippen molar-refractivity contribution in [3.63, 3.8) is 0 Å². The summed E-state index contributed by atoms with van der Waals surface area (Å²) in [5, 5.41) is 10.7. The minimum absolute atomic E-state index is 0.116. The lowest BCUT2D eigenvalue weighted by atomic mass is 9.95. The van der Waals surface area contributed by atoms with Gasteiger partial charge in [0.1, 0.15) is 18.0 Å². The molecular weight excluding hydrogens is 250 g/mol. The van der Waals surface area contributed by atoms with Crippen molar-refractivity contribution < 1.29 is 9.84 Å². The zero-order valence-corrected chi connectivity index (χ0v) is 11.8. The fourth-order valence-corrected chi connectivity index (χ4v) is 2.14. The fourth-order valence-electron chi connectivity index (χ4n) is 2.14. The molecule has 0 heterocycles. The average Bonchev–Trinajstić information content (AvgIpc) is 2.53. The predicted molar refractivity (Wildman–Crippen MR) is 80.7 cm³/mol. The molecule has 0 amide bonds. The smallest absolute Gasteiger partial charge is 0.136 e. The van der Waals surface area contributed by atoms with Crippen LogP contribution in [-0.2, 0) is 12.0 Å². The Morgan fingerprint density at radius 2 is 1.70 bits per heavy atom. The molecule has 2 rings (SSSR count). The van der Waals surface area contributed by atoms with Crippen LogP contribution in [-0.4, -0.2) is 18.3 Å². The van der Waals surface area contributed by atoms with E-state index in [1.807, 2.05) is 54.6 Å². The van der Waals surface area contributed by atoms with Crippen LogP contribution < -0.4 is 10.5 Å². The maximum Gasteiger partial charge on any atom is 0.136 e. The van der Waals surface area contributed by atoms with Crippen LogP contribution in [0.1, 0.15) is 18.1 Å². The highest BCUT2D eigenvalue weighted by atomic mass is 16.5. The maximum atomic E-state index is 10.7. The molecule has 106 valence electrons. The van der Waals surface area contributed by atoms with Crippen molar-refractivity contribution in [3.05, 3.63) is 65.7 Å². The summed E-state index contributed by atoms with van der Waals surface area (Å²) in [5.41, 5.74) is 6.48. The summed E-state index contributed by atoms with van der Waals surface area (Å²) in [6.45, 7) is 2.34. The van der Waals surface area contributed by atoms with Gasteiger partial charge in [-0.3, -0.25) is 0 Å². The largest absolute Gasteiger partial charge is 0.490 e. The second-order valence-electron chi connectivity index (χ2n) is 4.85. The van der Waals surface area contributed by atoms with Gasteiger partial charge >= 0.3 is 0 Å². The average molecular weight is 271 g/mol. The molecule has 0 radical (unpaired) electrons. The summed E-state index contributed by atoms with van der Waals surface area (Å²) in [7, 11) is 0. The van der Waals surface area contributed by atoms with Crippen LogP contribution in [0.4, 0.5) is 0 Å². The van der Waals surface area contributed by atoms with Crippen molar-refractivity contribution in [2.45, 2.75) is 18.9 Å². The molecule has 0 saturated carbocycles. The van der Waals surface area contributed by atoms with Crippen molar-refractivity contribution in [1.82, 2.24) is 0 Å². The summed E-state index contributed by atoms with van der Waals surface area (Å²) in [6, 6.07) is 17.3. The minimum Gasteiger partial charge on any atom is -0.490 e. The summed E-state index contributed by atoms with van der Waals surface area (Å²) < 4.78 is 5.81. The topological polar surface area (TPSA) is 55.5 Å². The first-order chi connectivity index (χ1) is 9.69. The van der Waals surface area contributed by atoms with E-state index >= 15 is 0 Å². The Balaban J connectivity index is 2.15. The molecule has 0 spiro atoms. The van der Waals surface area contributed by atoms with Crippen LogP contribution in [0.5, 0.6) is 5.75 Å². The van der Waals surface area contributed by atoms with Gasteiger partial charge in [-0.15, -0.1) is 0 Å². The second-order valence-corrected chi connectivity index (χ2v) is 4.85. The van der Waals surface area contributed by atoms with E-state index in [1.54, 1.807) is 0 Å². The first-order valence-electron chi connectivity index (χ1n) is 6.88. The SMILES string of the molecule is CCc1ccccc1OCC(O)(CN)c1ccccc1. The van der Waals surface area contributed by atoms with E-state index in [1.165, 1.54) is 0 Å². The van der Waals surface area contributed by atoms with Gasteiger partial charge in [0.15, 0.2) is 0 Å². The summed E-state index contributed by atoms with van der Waals surface area (Å²) >= 11 is 0. The van der Waals surface area contributed by atoms with Crippen molar-refractivity contribution in [2.24, 2.45) is 5.73 Å². The molecule has 0 aliphatic carbocycles. The molecule has 0 aromatic heterocycles. The monoisotopic (exact) mass is 271 g/mol. The van der Waals surface area contributed by atoms with Crippen LogP contribution >= 0.6 is 0 Å². The number of hydrogen-bond donors (Lipinski definition) is 2. The van der Waals surface area contributed by atoms with E-state index in [2.05, 4.69) is 6.92 Å². The van der Waals surface area contributed by atoms with Crippen LogP contribution in [0.25, 0.3) is 0 Å². The Morgan fingerprint density at radius 3 is 2.35 bits per heavy atom. The Hall–Kier alpha value is -1.84. The van der Waals surface area contributed by atoms with E-state index in [0.717, 1.165) is 23.3 Å². The minimum atomic E-state index is -1.16. The molecule has 0 aliphatic rings. The summed E-state index contributed by atoms with van der Waals surface area (Å²) in [4.78, 5) is 0. The van der Waals surface area contributed by atoms with Gasteiger partial charge < -0.3 is 15.6 Å².